The highest BCUT2D eigenvalue weighted by Crippen LogP contribution is 2.17. The Hall–Kier alpha value is -2.12. The van der Waals surface area contributed by atoms with Gasteiger partial charge in [0.1, 0.15) is 0 Å². The van der Waals surface area contributed by atoms with Gasteiger partial charge in [0.25, 0.3) is 0 Å². The number of amides is 3. The Balaban J connectivity index is 1.77. The van der Waals surface area contributed by atoms with Gasteiger partial charge in [0.05, 0.1) is 12.1 Å². The van der Waals surface area contributed by atoms with Crippen LogP contribution in [0.1, 0.15) is 31.9 Å². The lowest BCUT2D eigenvalue weighted by Crippen LogP contribution is -2.26. The highest BCUT2D eigenvalue weighted by atomic mass is 35.5. The number of anilines is 2. The number of aromatic nitrogens is 1. The first-order valence-corrected chi connectivity index (χ1v) is 9.37. The van der Waals surface area contributed by atoms with Crippen molar-refractivity contribution in [3.05, 3.63) is 40.4 Å². The van der Waals surface area contributed by atoms with E-state index in [1.807, 2.05) is 0 Å². The third-order valence-corrected chi connectivity index (χ3v) is 4.38. The number of carbonyl (C=O) groups excluding carboxylic acids is 2. The summed E-state index contributed by atoms with van der Waals surface area (Å²) in [5, 5.41) is 11.0. The van der Waals surface area contributed by atoms with Crippen LogP contribution >= 0.6 is 22.9 Å². The molecule has 8 heteroatoms. The van der Waals surface area contributed by atoms with Crippen LogP contribution in [0.25, 0.3) is 0 Å². The molecule has 2 aromatic rings. The smallest absolute Gasteiger partial charge is 0.325 e. The van der Waals surface area contributed by atoms with Crippen LogP contribution in [0.3, 0.4) is 0 Å². The van der Waals surface area contributed by atoms with Crippen LogP contribution in [0.15, 0.2) is 29.6 Å². The van der Waals surface area contributed by atoms with Crippen LogP contribution in [0.2, 0.25) is 5.02 Å². The highest BCUT2D eigenvalue weighted by Gasteiger charge is 2.10. The van der Waals surface area contributed by atoms with E-state index in [1.165, 1.54) is 11.3 Å². The third-order valence-electron chi connectivity index (χ3n) is 3.32. The van der Waals surface area contributed by atoms with Gasteiger partial charge in [-0.2, -0.15) is 0 Å². The molecular formula is C17H21ClN4O2S. The molecule has 0 aliphatic heterocycles. The molecule has 1 aromatic heterocycles. The van der Waals surface area contributed by atoms with Crippen LogP contribution in [0, 0.1) is 0 Å². The van der Waals surface area contributed by atoms with E-state index in [0.29, 0.717) is 28.1 Å². The summed E-state index contributed by atoms with van der Waals surface area (Å²) in [6.45, 7) is 2.81. The zero-order valence-electron chi connectivity index (χ0n) is 14.0. The van der Waals surface area contributed by atoms with Gasteiger partial charge in [-0.25, -0.2) is 9.78 Å². The molecule has 3 N–H and O–H groups in total. The van der Waals surface area contributed by atoms with E-state index >= 15 is 0 Å². The Bertz CT molecular complexity index is 703. The summed E-state index contributed by atoms with van der Waals surface area (Å²) in [4.78, 5) is 28.0. The summed E-state index contributed by atoms with van der Waals surface area (Å²) >= 11 is 7.08. The van der Waals surface area contributed by atoms with E-state index in [0.717, 1.165) is 19.3 Å². The van der Waals surface area contributed by atoms with Crippen molar-refractivity contribution in [3.8, 4) is 0 Å². The van der Waals surface area contributed by atoms with Crippen LogP contribution in [0.4, 0.5) is 15.6 Å². The molecule has 0 atom stereocenters. The minimum absolute atomic E-state index is 0.0569. The maximum absolute atomic E-state index is 11.9. The van der Waals surface area contributed by atoms with Crippen LogP contribution in [0.5, 0.6) is 0 Å². The Morgan fingerprint density at radius 2 is 1.92 bits per heavy atom. The van der Waals surface area contributed by atoms with Crippen molar-refractivity contribution in [2.45, 2.75) is 32.6 Å². The fraction of sp³-hybridized carbons (Fsp3) is 0.353. The maximum atomic E-state index is 11.9. The van der Waals surface area contributed by atoms with Gasteiger partial charge in [-0.15, -0.1) is 11.3 Å². The molecule has 1 aromatic carbocycles. The fourth-order valence-electron chi connectivity index (χ4n) is 2.07. The average molecular weight is 381 g/mol. The number of halogens is 1. The highest BCUT2D eigenvalue weighted by molar-refractivity contribution is 7.14. The Morgan fingerprint density at radius 1 is 1.16 bits per heavy atom. The minimum atomic E-state index is -0.396. The zero-order chi connectivity index (χ0) is 18.1. The van der Waals surface area contributed by atoms with E-state index in [2.05, 4.69) is 27.9 Å². The van der Waals surface area contributed by atoms with Gasteiger partial charge in [-0.3, -0.25) is 10.1 Å². The summed E-state index contributed by atoms with van der Waals surface area (Å²) in [7, 11) is 0. The van der Waals surface area contributed by atoms with E-state index < -0.39 is 6.03 Å². The molecule has 25 heavy (non-hydrogen) atoms. The zero-order valence-corrected chi connectivity index (χ0v) is 15.5. The minimum Gasteiger partial charge on any atom is -0.356 e. The van der Waals surface area contributed by atoms with Crippen molar-refractivity contribution < 1.29 is 9.59 Å². The van der Waals surface area contributed by atoms with Gasteiger partial charge >= 0.3 is 6.03 Å². The van der Waals surface area contributed by atoms with Crippen molar-refractivity contribution in [2.24, 2.45) is 0 Å². The normalized spacial score (nSPS) is 10.3. The second-order valence-electron chi connectivity index (χ2n) is 5.46. The quantitative estimate of drug-likeness (QED) is 0.597. The monoisotopic (exact) mass is 380 g/mol. The second kappa shape index (κ2) is 10.0. The molecule has 6 nitrogen and oxygen atoms in total. The van der Waals surface area contributed by atoms with Gasteiger partial charge in [0.2, 0.25) is 5.91 Å². The Morgan fingerprint density at radius 3 is 2.64 bits per heavy atom. The molecule has 0 unspecified atom stereocenters. The number of rotatable bonds is 8. The summed E-state index contributed by atoms with van der Waals surface area (Å²) in [5.74, 6) is -0.0569. The molecule has 3 amide bonds. The molecule has 0 aliphatic carbocycles. The molecule has 0 saturated carbocycles. The molecule has 1 heterocycles. The SMILES string of the molecule is CCCCCNC(=O)Cc1csc(NC(=O)Nc2ccc(Cl)cc2)n1. The van der Waals surface area contributed by atoms with Gasteiger partial charge < -0.3 is 10.6 Å². The van der Waals surface area contributed by atoms with Crippen molar-refractivity contribution in [1.82, 2.24) is 10.3 Å². The molecule has 134 valence electrons. The molecule has 0 fully saturated rings. The molecule has 0 aliphatic rings. The van der Waals surface area contributed by atoms with Gasteiger partial charge in [0, 0.05) is 22.6 Å². The van der Waals surface area contributed by atoms with E-state index in [1.54, 1.807) is 29.6 Å². The number of nitrogens with one attached hydrogen (secondary N) is 3. The number of benzene rings is 1. The van der Waals surface area contributed by atoms with E-state index in [9.17, 15) is 9.59 Å². The first kappa shape index (κ1) is 19.2. The first-order valence-electron chi connectivity index (χ1n) is 8.11. The number of thiazole rings is 1. The number of unbranched alkanes of at least 4 members (excludes halogenated alkanes) is 2. The molecular weight excluding hydrogens is 360 g/mol. The van der Waals surface area contributed by atoms with E-state index in [4.69, 9.17) is 11.6 Å². The predicted molar refractivity (Wildman–Crippen MR) is 102 cm³/mol. The lowest BCUT2D eigenvalue weighted by atomic mass is 10.2. The van der Waals surface area contributed by atoms with Gasteiger partial charge in [-0.1, -0.05) is 31.4 Å². The van der Waals surface area contributed by atoms with Crippen LogP contribution in [-0.2, 0) is 11.2 Å². The van der Waals surface area contributed by atoms with Crippen molar-refractivity contribution >= 4 is 45.7 Å². The standard InChI is InChI=1S/C17H21ClN4O2S/c1-2-3-4-9-19-15(23)10-14-11-25-17(21-14)22-16(24)20-13-7-5-12(18)6-8-13/h5-8,11H,2-4,9-10H2,1H3,(H,19,23)(H2,20,21,22,24). The summed E-state index contributed by atoms with van der Waals surface area (Å²) in [5.41, 5.74) is 1.27. The lowest BCUT2D eigenvalue weighted by Gasteiger charge is -2.05. The number of carbonyl (C=O) groups is 2. The van der Waals surface area contributed by atoms with Gasteiger partial charge in [-0.05, 0) is 30.7 Å². The number of nitrogens with zero attached hydrogens (tertiary/aromatic N) is 1. The largest absolute Gasteiger partial charge is 0.356 e. The third kappa shape index (κ3) is 7.11. The first-order chi connectivity index (χ1) is 12.1. The molecule has 0 radical (unpaired) electrons. The number of urea groups is 1. The summed E-state index contributed by atoms with van der Waals surface area (Å²) in [6, 6.07) is 6.40. The average Bonchev–Trinajstić information content (AvgIpc) is 3.00. The second-order valence-corrected chi connectivity index (χ2v) is 6.76. The van der Waals surface area contributed by atoms with Crippen molar-refractivity contribution in [3.63, 3.8) is 0 Å². The number of hydrogen-bond acceptors (Lipinski definition) is 4. The van der Waals surface area contributed by atoms with Crippen molar-refractivity contribution in [2.75, 3.05) is 17.2 Å². The number of hydrogen-bond donors (Lipinski definition) is 3. The Labute approximate surface area is 156 Å². The molecule has 2 rings (SSSR count). The fourth-order valence-corrected chi connectivity index (χ4v) is 2.90. The van der Waals surface area contributed by atoms with Crippen LogP contribution < -0.4 is 16.0 Å². The van der Waals surface area contributed by atoms with Crippen LogP contribution in [-0.4, -0.2) is 23.5 Å². The summed E-state index contributed by atoms with van der Waals surface area (Å²) in [6.07, 6.45) is 3.42. The lowest BCUT2D eigenvalue weighted by molar-refractivity contribution is -0.120. The van der Waals surface area contributed by atoms with Crippen molar-refractivity contribution in [1.29, 1.82) is 0 Å². The molecule has 0 bridgehead atoms. The molecule has 0 saturated heterocycles. The van der Waals surface area contributed by atoms with E-state index in [-0.39, 0.29) is 12.3 Å². The topological polar surface area (TPSA) is 83.1 Å². The maximum Gasteiger partial charge on any atom is 0.325 e. The summed E-state index contributed by atoms with van der Waals surface area (Å²) < 4.78 is 0. The predicted octanol–water partition coefficient (Wildman–Crippen LogP) is 4.29. The molecule has 0 spiro atoms. The Kier molecular flexibility index (Phi) is 7.69. The van der Waals surface area contributed by atoms with Gasteiger partial charge in [0.15, 0.2) is 5.13 Å².